The monoisotopic (exact) mass is 596 g/mol. The fourth-order valence-corrected chi connectivity index (χ4v) is 9.01. The van der Waals surface area contributed by atoms with Crippen molar-refractivity contribution in [3.05, 3.63) is 196 Å². The lowest BCUT2D eigenvalue weighted by molar-refractivity contribution is 0.704. The molecule has 0 fully saturated rings. The number of dihydropyridines is 1. The van der Waals surface area contributed by atoms with E-state index in [1.807, 2.05) is 12.3 Å². The molecule has 3 aliphatic carbocycles. The van der Waals surface area contributed by atoms with Crippen molar-refractivity contribution in [2.75, 3.05) is 0 Å². The lowest BCUT2D eigenvalue weighted by Gasteiger charge is -2.32. The first-order valence-electron chi connectivity index (χ1n) is 16.4. The summed E-state index contributed by atoms with van der Waals surface area (Å²) in [5.74, 6) is 0. The molecule has 47 heavy (non-hydrogen) atoms. The smallest absolute Gasteiger partial charge is 0.0946 e. The van der Waals surface area contributed by atoms with Crippen LogP contribution in [0.25, 0.3) is 55.6 Å². The predicted molar refractivity (Wildman–Crippen MR) is 193 cm³/mol. The topological polar surface area (TPSA) is 24.9 Å². The highest BCUT2D eigenvalue weighted by atomic mass is 15.0. The van der Waals surface area contributed by atoms with Gasteiger partial charge in [-0.25, -0.2) is 0 Å². The van der Waals surface area contributed by atoms with E-state index in [1.165, 1.54) is 82.8 Å². The Kier molecular flexibility index (Phi) is 4.86. The van der Waals surface area contributed by atoms with Crippen LogP contribution in [0.15, 0.2) is 157 Å². The van der Waals surface area contributed by atoms with E-state index in [2.05, 4.69) is 151 Å². The first kappa shape index (κ1) is 25.2. The van der Waals surface area contributed by atoms with Gasteiger partial charge in [-0.3, -0.25) is 4.98 Å². The van der Waals surface area contributed by atoms with Crippen molar-refractivity contribution in [1.29, 1.82) is 0 Å². The Morgan fingerprint density at radius 2 is 1.23 bits per heavy atom. The van der Waals surface area contributed by atoms with Crippen LogP contribution in [0.2, 0.25) is 0 Å². The summed E-state index contributed by atoms with van der Waals surface area (Å²) in [5, 5.41) is 9.04. The van der Waals surface area contributed by atoms with Gasteiger partial charge < -0.3 is 5.32 Å². The molecule has 218 valence electrons. The second-order valence-corrected chi connectivity index (χ2v) is 13.1. The van der Waals surface area contributed by atoms with Gasteiger partial charge in [0.05, 0.1) is 17.2 Å². The van der Waals surface area contributed by atoms with Crippen LogP contribution in [-0.4, -0.2) is 4.98 Å². The average Bonchev–Trinajstić information content (AvgIpc) is 3.60. The molecule has 0 amide bonds. The molecule has 6 aromatic carbocycles. The number of pyridine rings is 1. The number of nitrogens with zero attached hydrogens (tertiary/aromatic N) is 1. The largest absolute Gasteiger partial charge is 0.372 e. The van der Waals surface area contributed by atoms with Crippen molar-refractivity contribution in [3.63, 3.8) is 0 Å². The molecule has 2 heterocycles. The van der Waals surface area contributed by atoms with E-state index in [0.717, 1.165) is 11.4 Å². The van der Waals surface area contributed by atoms with E-state index in [-0.39, 0.29) is 6.04 Å². The summed E-state index contributed by atoms with van der Waals surface area (Å²) in [5.41, 5.74) is 16.2. The summed E-state index contributed by atoms with van der Waals surface area (Å²) < 4.78 is 0. The van der Waals surface area contributed by atoms with Crippen LogP contribution in [0, 0.1) is 0 Å². The normalized spacial score (nSPS) is 17.2. The summed E-state index contributed by atoms with van der Waals surface area (Å²) in [4.78, 5) is 4.83. The summed E-state index contributed by atoms with van der Waals surface area (Å²) in [7, 11) is 0. The molecule has 4 aliphatic rings. The Bertz CT molecular complexity index is 2570. The zero-order valence-electron chi connectivity index (χ0n) is 25.5. The molecule has 1 unspecified atom stereocenters. The van der Waals surface area contributed by atoms with Crippen LogP contribution in [-0.2, 0) is 5.41 Å². The number of nitrogens with one attached hydrogen (secondary N) is 1. The van der Waals surface area contributed by atoms with Crippen molar-refractivity contribution < 1.29 is 0 Å². The highest BCUT2D eigenvalue weighted by Gasteiger charge is 2.52. The number of allylic oxidation sites excluding steroid dienone is 2. The zero-order valence-corrected chi connectivity index (χ0v) is 25.5. The maximum absolute atomic E-state index is 4.83. The fraction of sp³-hybridized carbons (Fsp3) is 0.0444. The van der Waals surface area contributed by atoms with E-state index in [0.29, 0.717) is 0 Å². The molecule has 1 aliphatic heterocycles. The molecule has 2 heteroatoms. The lowest BCUT2D eigenvalue weighted by atomic mass is 9.69. The van der Waals surface area contributed by atoms with Crippen LogP contribution in [0.4, 0.5) is 0 Å². The van der Waals surface area contributed by atoms with E-state index in [4.69, 9.17) is 4.98 Å². The number of hydrogen-bond donors (Lipinski definition) is 1. The lowest BCUT2D eigenvalue weighted by Crippen LogP contribution is -2.28. The predicted octanol–water partition coefficient (Wildman–Crippen LogP) is 10.4. The van der Waals surface area contributed by atoms with Crippen molar-refractivity contribution >= 4 is 33.3 Å². The van der Waals surface area contributed by atoms with Gasteiger partial charge in [-0.15, -0.1) is 0 Å². The van der Waals surface area contributed by atoms with E-state index < -0.39 is 5.41 Å². The molecule has 1 atom stereocenters. The van der Waals surface area contributed by atoms with Crippen LogP contribution >= 0.6 is 0 Å². The number of rotatable bonds is 1. The summed E-state index contributed by atoms with van der Waals surface area (Å²) in [6, 6.07) is 47.5. The van der Waals surface area contributed by atoms with Gasteiger partial charge in [0.25, 0.3) is 0 Å². The number of benzene rings is 6. The second kappa shape index (κ2) is 9.05. The third-order valence-electron chi connectivity index (χ3n) is 10.9. The molecular formula is C45H28N2. The Morgan fingerprint density at radius 1 is 0.532 bits per heavy atom. The molecule has 0 bridgehead atoms. The first-order valence-corrected chi connectivity index (χ1v) is 16.4. The van der Waals surface area contributed by atoms with Gasteiger partial charge in [-0.1, -0.05) is 121 Å². The minimum atomic E-state index is -0.432. The Balaban J connectivity index is 1.26. The molecule has 0 radical (unpaired) electrons. The van der Waals surface area contributed by atoms with Crippen LogP contribution < -0.4 is 5.32 Å². The molecule has 0 saturated carbocycles. The fourth-order valence-electron chi connectivity index (χ4n) is 9.01. The van der Waals surface area contributed by atoms with Gasteiger partial charge in [-0.05, 0) is 108 Å². The van der Waals surface area contributed by atoms with Crippen molar-refractivity contribution in [2.24, 2.45) is 0 Å². The Hall–Kier alpha value is -5.99. The SMILES string of the molecule is C1=Cc2cccnc2C2NC(c3cc4c(c5ccccc35)-c3cc5ccccc5cc3C43c4ccccc4-c4ccccc43)=CC=C12. The third kappa shape index (κ3) is 3.17. The highest BCUT2D eigenvalue weighted by Crippen LogP contribution is 2.64. The first-order chi connectivity index (χ1) is 23.3. The van der Waals surface area contributed by atoms with Crippen LogP contribution in [0.3, 0.4) is 0 Å². The molecule has 7 aromatic rings. The summed E-state index contributed by atoms with van der Waals surface area (Å²) in [6.07, 6.45) is 10.8. The highest BCUT2D eigenvalue weighted by molar-refractivity contribution is 6.11. The minimum Gasteiger partial charge on any atom is -0.372 e. The molecule has 11 rings (SSSR count). The molecule has 0 saturated heterocycles. The van der Waals surface area contributed by atoms with Crippen molar-refractivity contribution in [3.8, 4) is 22.3 Å². The van der Waals surface area contributed by atoms with Gasteiger partial charge in [0.1, 0.15) is 0 Å². The van der Waals surface area contributed by atoms with Gasteiger partial charge in [0, 0.05) is 17.5 Å². The maximum Gasteiger partial charge on any atom is 0.0946 e. The Labute approximate surface area is 273 Å². The third-order valence-corrected chi connectivity index (χ3v) is 10.9. The van der Waals surface area contributed by atoms with Gasteiger partial charge in [0.2, 0.25) is 0 Å². The molecule has 1 aromatic heterocycles. The standard InChI is InChI=1S/C45H28N2/c1-2-11-30-25-39-36(24-29(30)10-1)42-34-16-4-3-13-31(34)35(41-22-21-28-20-19-27-12-9-23-46-43(27)44(28)47-41)26-40(42)45(39)37-17-7-5-14-32(37)33-15-6-8-18-38(33)45/h1-26,44,47H. The maximum atomic E-state index is 4.83. The second-order valence-electron chi connectivity index (χ2n) is 13.1. The van der Waals surface area contributed by atoms with Gasteiger partial charge in [-0.2, -0.15) is 0 Å². The van der Waals surface area contributed by atoms with Crippen molar-refractivity contribution in [1.82, 2.24) is 10.3 Å². The molecule has 1 spiro atoms. The average molecular weight is 597 g/mol. The van der Waals surface area contributed by atoms with Gasteiger partial charge >= 0.3 is 0 Å². The molecule has 1 N–H and O–H groups in total. The number of hydrogen-bond acceptors (Lipinski definition) is 2. The zero-order chi connectivity index (χ0) is 30.7. The van der Waals surface area contributed by atoms with Crippen LogP contribution in [0.1, 0.15) is 45.1 Å². The number of aromatic nitrogens is 1. The van der Waals surface area contributed by atoms with E-state index in [9.17, 15) is 0 Å². The Morgan fingerprint density at radius 3 is 2.04 bits per heavy atom. The van der Waals surface area contributed by atoms with Crippen molar-refractivity contribution in [2.45, 2.75) is 11.5 Å². The van der Waals surface area contributed by atoms with Crippen LogP contribution in [0.5, 0.6) is 0 Å². The summed E-state index contributed by atoms with van der Waals surface area (Å²) in [6.45, 7) is 0. The summed E-state index contributed by atoms with van der Waals surface area (Å²) >= 11 is 0. The van der Waals surface area contributed by atoms with E-state index >= 15 is 0 Å². The van der Waals surface area contributed by atoms with E-state index in [1.54, 1.807) is 0 Å². The molecule has 2 nitrogen and oxygen atoms in total. The quantitative estimate of drug-likeness (QED) is 0.204. The molecular weight excluding hydrogens is 569 g/mol. The number of fused-ring (bicyclic) bond motifs is 16. The van der Waals surface area contributed by atoms with Gasteiger partial charge in [0.15, 0.2) is 0 Å². The minimum absolute atomic E-state index is 0.00704.